The van der Waals surface area contributed by atoms with Gasteiger partial charge in [0.15, 0.2) is 0 Å². The molecule has 112 valence electrons. The molecule has 1 N–H and O–H groups in total. The van der Waals surface area contributed by atoms with Gasteiger partial charge in [-0.1, -0.05) is 33.1 Å². The molecule has 2 fully saturated rings. The monoisotopic (exact) mass is 266 g/mol. The molecule has 0 aromatic carbocycles. The molecule has 0 radical (unpaired) electrons. The molecule has 1 saturated heterocycles. The van der Waals surface area contributed by atoms with Gasteiger partial charge in [-0.3, -0.25) is 0 Å². The number of rotatable bonds is 5. The third-order valence-corrected chi connectivity index (χ3v) is 5.51. The fourth-order valence-corrected chi connectivity index (χ4v) is 4.00. The molecule has 19 heavy (non-hydrogen) atoms. The zero-order chi connectivity index (χ0) is 13.7. The summed E-state index contributed by atoms with van der Waals surface area (Å²) in [4.78, 5) is 2.74. The molecule has 2 nitrogen and oxygen atoms in total. The lowest BCUT2D eigenvalue weighted by Gasteiger charge is -2.46. The summed E-state index contributed by atoms with van der Waals surface area (Å²) < 4.78 is 0. The first-order valence-corrected chi connectivity index (χ1v) is 8.59. The van der Waals surface area contributed by atoms with Gasteiger partial charge in [0.05, 0.1) is 0 Å². The predicted molar refractivity (Wildman–Crippen MR) is 83.5 cm³/mol. The molecular weight excluding hydrogens is 232 g/mol. The summed E-state index contributed by atoms with van der Waals surface area (Å²) in [5, 5.41) is 3.55. The van der Waals surface area contributed by atoms with Crippen molar-refractivity contribution in [1.82, 2.24) is 10.2 Å². The van der Waals surface area contributed by atoms with Crippen molar-refractivity contribution in [3.8, 4) is 0 Å². The van der Waals surface area contributed by atoms with Crippen LogP contribution >= 0.6 is 0 Å². The van der Waals surface area contributed by atoms with E-state index in [4.69, 9.17) is 0 Å². The van der Waals surface area contributed by atoms with Crippen LogP contribution in [0.3, 0.4) is 0 Å². The van der Waals surface area contributed by atoms with Crippen LogP contribution in [0.5, 0.6) is 0 Å². The van der Waals surface area contributed by atoms with Gasteiger partial charge in [0, 0.05) is 12.1 Å². The van der Waals surface area contributed by atoms with Crippen LogP contribution in [0.25, 0.3) is 0 Å². The number of likely N-dealkylation sites (tertiary alicyclic amines) is 1. The van der Waals surface area contributed by atoms with Crippen molar-refractivity contribution >= 4 is 0 Å². The topological polar surface area (TPSA) is 15.3 Å². The molecule has 1 aliphatic carbocycles. The number of nitrogens with one attached hydrogen (secondary N) is 1. The average molecular weight is 266 g/mol. The first kappa shape index (κ1) is 15.3. The van der Waals surface area contributed by atoms with E-state index in [9.17, 15) is 0 Å². The lowest BCUT2D eigenvalue weighted by atomic mass is 9.68. The van der Waals surface area contributed by atoms with Gasteiger partial charge >= 0.3 is 0 Å². The second-order valence-corrected chi connectivity index (χ2v) is 7.34. The molecule has 1 spiro atoms. The predicted octanol–water partition coefficient (Wildman–Crippen LogP) is 3.81. The van der Waals surface area contributed by atoms with Gasteiger partial charge < -0.3 is 10.2 Å². The smallest absolute Gasteiger partial charge is 0.00790 e. The summed E-state index contributed by atoms with van der Waals surface area (Å²) in [6, 6.07) is 1.38. The van der Waals surface area contributed by atoms with Gasteiger partial charge in [0.1, 0.15) is 0 Å². The van der Waals surface area contributed by atoms with Crippen LogP contribution < -0.4 is 5.32 Å². The fraction of sp³-hybridized carbons (Fsp3) is 1.00. The Morgan fingerprint density at radius 2 is 1.58 bits per heavy atom. The Kier molecular flexibility index (Phi) is 5.70. The molecule has 2 aliphatic rings. The second kappa shape index (κ2) is 7.08. The largest absolute Gasteiger partial charge is 0.314 e. The highest BCUT2D eigenvalue weighted by Gasteiger charge is 2.36. The molecule has 0 amide bonds. The first-order valence-electron chi connectivity index (χ1n) is 8.59. The van der Waals surface area contributed by atoms with Crippen molar-refractivity contribution < 1.29 is 0 Å². The molecule has 1 atom stereocenters. The minimum atomic E-state index is 0.624. The van der Waals surface area contributed by atoms with Crippen molar-refractivity contribution in [2.24, 2.45) is 5.41 Å². The Balaban J connectivity index is 1.70. The molecule has 0 aromatic rings. The van der Waals surface area contributed by atoms with E-state index < -0.39 is 0 Å². The van der Waals surface area contributed by atoms with E-state index in [0.717, 1.165) is 11.5 Å². The standard InChI is InChI=1S/C17H34N2/c1-15(2)18-12-7-16(3)19-13-10-17(11-14-19)8-5-4-6-9-17/h15-16,18H,4-14H2,1-3H3. The van der Waals surface area contributed by atoms with Crippen molar-refractivity contribution in [3.63, 3.8) is 0 Å². The molecule has 1 heterocycles. The molecule has 1 saturated carbocycles. The van der Waals surface area contributed by atoms with Crippen molar-refractivity contribution in [2.75, 3.05) is 19.6 Å². The maximum absolute atomic E-state index is 3.55. The van der Waals surface area contributed by atoms with Gasteiger partial charge in [-0.15, -0.1) is 0 Å². The van der Waals surface area contributed by atoms with Crippen LogP contribution in [-0.2, 0) is 0 Å². The average Bonchev–Trinajstić information content (AvgIpc) is 2.40. The molecule has 0 bridgehead atoms. The van der Waals surface area contributed by atoms with Crippen LogP contribution in [0, 0.1) is 5.41 Å². The van der Waals surface area contributed by atoms with Crippen molar-refractivity contribution in [2.45, 2.75) is 84.2 Å². The van der Waals surface area contributed by atoms with E-state index in [1.54, 1.807) is 0 Å². The molecule has 2 rings (SSSR count). The van der Waals surface area contributed by atoms with Gasteiger partial charge in [0.25, 0.3) is 0 Å². The zero-order valence-corrected chi connectivity index (χ0v) is 13.4. The van der Waals surface area contributed by atoms with Gasteiger partial charge in [-0.25, -0.2) is 0 Å². The van der Waals surface area contributed by atoms with Crippen LogP contribution in [0.4, 0.5) is 0 Å². The normalized spacial score (nSPS) is 25.9. The summed E-state index contributed by atoms with van der Waals surface area (Å²) in [7, 11) is 0. The summed E-state index contributed by atoms with van der Waals surface area (Å²) in [6.07, 6.45) is 11.7. The summed E-state index contributed by atoms with van der Waals surface area (Å²) in [5.74, 6) is 0. The SMILES string of the molecule is CC(C)NCCC(C)N1CCC2(CCCCC2)CC1. The Morgan fingerprint density at radius 1 is 0.947 bits per heavy atom. The molecular formula is C17H34N2. The van der Waals surface area contributed by atoms with Crippen molar-refractivity contribution in [1.29, 1.82) is 0 Å². The Hall–Kier alpha value is -0.0800. The summed E-state index contributed by atoms with van der Waals surface area (Å²) in [6.45, 7) is 10.8. The fourth-order valence-electron chi connectivity index (χ4n) is 4.00. The van der Waals surface area contributed by atoms with E-state index in [1.807, 2.05) is 0 Å². The van der Waals surface area contributed by atoms with E-state index in [1.165, 1.54) is 71.0 Å². The Morgan fingerprint density at radius 3 is 2.16 bits per heavy atom. The van der Waals surface area contributed by atoms with Crippen molar-refractivity contribution in [3.05, 3.63) is 0 Å². The quantitative estimate of drug-likeness (QED) is 0.814. The molecule has 1 unspecified atom stereocenters. The minimum absolute atomic E-state index is 0.624. The highest BCUT2D eigenvalue weighted by molar-refractivity contribution is 4.89. The number of piperidine rings is 1. The maximum Gasteiger partial charge on any atom is 0.00790 e. The second-order valence-electron chi connectivity index (χ2n) is 7.34. The van der Waals surface area contributed by atoms with Gasteiger partial charge in [-0.05, 0) is 64.1 Å². The minimum Gasteiger partial charge on any atom is -0.314 e. The first-order chi connectivity index (χ1) is 9.11. The van der Waals surface area contributed by atoms with E-state index in [0.29, 0.717) is 6.04 Å². The Bertz CT molecular complexity index is 246. The maximum atomic E-state index is 3.55. The molecule has 1 aliphatic heterocycles. The zero-order valence-electron chi connectivity index (χ0n) is 13.4. The Labute approximate surface area is 120 Å². The highest BCUT2D eigenvalue weighted by Crippen LogP contribution is 2.44. The van der Waals surface area contributed by atoms with E-state index in [-0.39, 0.29) is 0 Å². The van der Waals surface area contributed by atoms with Crippen LogP contribution in [0.1, 0.15) is 72.1 Å². The summed E-state index contributed by atoms with van der Waals surface area (Å²) >= 11 is 0. The molecule has 2 heteroatoms. The number of hydrogen-bond donors (Lipinski definition) is 1. The lowest BCUT2D eigenvalue weighted by molar-refractivity contribution is 0.0471. The van der Waals surface area contributed by atoms with Crippen LogP contribution in [0.2, 0.25) is 0 Å². The highest BCUT2D eigenvalue weighted by atomic mass is 15.2. The van der Waals surface area contributed by atoms with E-state index >= 15 is 0 Å². The van der Waals surface area contributed by atoms with Crippen LogP contribution in [0.15, 0.2) is 0 Å². The number of nitrogens with zero attached hydrogens (tertiary/aromatic N) is 1. The van der Waals surface area contributed by atoms with Crippen LogP contribution in [-0.4, -0.2) is 36.6 Å². The van der Waals surface area contributed by atoms with Gasteiger partial charge in [-0.2, -0.15) is 0 Å². The third-order valence-electron chi connectivity index (χ3n) is 5.51. The third kappa shape index (κ3) is 4.46. The number of hydrogen-bond acceptors (Lipinski definition) is 2. The van der Waals surface area contributed by atoms with E-state index in [2.05, 4.69) is 31.0 Å². The summed E-state index contributed by atoms with van der Waals surface area (Å²) in [5.41, 5.74) is 0.755. The molecule has 0 aromatic heterocycles. The van der Waals surface area contributed by atoms with Gasteiger partial charge in [0.2, 0.25) is 0 Å². The lowest BCUT2D eigenvalue weighted by Crippen LogP contribution is -2.45.